The number of rotatable bonds is 5. The lowest BCUT2D eigenvalue weighted by atomic mass is 9.61. The number of aliphatic hydroxyl groups is 1. The number of allylic oxidation sites excluding steroid dienone is 5. The maximum atomic E-state index is 10.1. The van der Waals surface area contributed by atoms with Gasteiger partial charge in [0.05, 0.1) is 6.10 Å². The van der Waals surface area contributed by atoms with Gasteiger partial charge in [0.25, 0.3) is 0 Å². The first kappa shape index (κ1) is 22.9. The number of hydrogen-bond acceptors (Lipinski definition) is 1. The van der Waals surface area contributed by atoms with Crippen molar-refractivity contribution in [2.45, 2.75) is 99.0 Å². The predicted octanol–water partition coefficient (Wildman–Crippen LogP) is 7.72. The van der Waals surface area contributed by atoms with E-state index in [1.54, 1.807) is 5.57 Å². The summed E-state index contributed by atoms with van der Waals surface area (Å²) < 4.78 is 0. The minimum absolute atomic E-state index is 0.121. The quantitative estimate of drug-likeness (QED) is 0.470. The average Bonchev–Trinajstić information content (AvgIpc) is 3.04. The topological polar surface area (TPSA) is 20.2 Å². The minimum atomic E-state index is -0.121. The molecule has 164 valence electrons. The van der Waals surface area contributed by atoms with E-state index >= 15 is 0 Å². The lowest BCUT2D eigenvalue weighted by molar-refractivity contribution is 0.112. The van der Waals surface area contributed by atoms with Gasteiger partial charge in [-0.2, -0.15) is 0 Å². The molecule has 0 aromatic rings. The monoisotopic (exact) mass is 398 g/mol. The molecule has 1 N–H and O–H groups in total. The zero-order chi connectivity index (χ0) is 21.2. The highest BCUT2D eigenvalue weighted by Crippen LogP contribution is 2.59. The van der Waals surface area contributed by atoms with Gasteiger partial charge >= 0.3 is 0 Å². The first-order valence-corrected chi connectivity index (χ1v) is 12.5. The van der Waals surface area contributed by atoms with Crippen molar-refractivity contribution in [2.75, 3.05) is 0 Å². The second-order valence-electron chi connectivity index (χ2n) is 11.3. The Morgan fingerprint density at radius 3 is 2.41 bits per heavy atom. The highest BCUT2D eigenvalue weighted by Gasteiger charge is 2.50. The number of fused-ring (bicyclic) bond motifs is 1. The summed E-state index contributed by atoms with van der Waals surface area (Å²) in [6, 6.07) is 0. The molecule has 0 aliphatic heterocycles. The number of hydrogen-bond donors (Lipinski definition) is 1. The Morgan fingerprint density at radius 2 is 1.69 bits per heavy atom. The van der Waals surface area contributed by atoms with Gasteiger partial charge in [0, 0.05) is 0 Å². The fourth-order valence-corrected chi connectivity index (χ4v) is 6.50. The van der Waals surface area contributed by atoms with Crippen molar-refractivity contribution in [1.82, 2.24) is 0 Å². The highest BCUT2D eigenvalue weighted by molar-refractivity contribution is 5.27. The second-order valence-corrected chi connectivity index (χ2v) is 11.3. The molecular weight excluding hydrogens is 352 g/mol. The Morgan fingerprint density at radius 1 is 0.966 bits per heavy atom. The van der Waals surface area contributed by atoms with E-state index in [-0.39, 0.29) is 6.10 Å². The van der Waals surface area contributed by atoms with Crippen molar-refractivity contribution in [3.05, 3.63) is 35.5 Å². The Kier molecular flexibility index (Phi) is 7.52. The van der Waals surface area contributed by atoms with Crippen LogP contribution in [0.1, 0.15) is 92.9 Å². The van der Waals surface area contributed by atoms with Crippen LogP contribution in [0.5, 0.6) is 0 Å². The maximum Gasteiger partial charge on any atom is 0.0577 e. The number of aliphatic hydroxyl groups excluding tert-OH is 1. The first-order valence-electron chi connectivity index (χ1n) is 12.5. The first-order chi connectivity index (χ1) is 13.7. The molecule has 3 aliphatic rings. The average molecular weight is 399 g/mol. The maximum absolute atomic E-state index is 10.1. The molecule has 0 radical (unpaired) electrons. The Bertz CT molecular complexity index is 639. The van der Waals surface area contributed by atoms with Crippen LogP contribution in [-0.2, 0) is 0 Å². The van der Waals surface area contributed by atoms with Gasteiger partial charge in [-0.1, -0.05) is 77.0 Å². The molecule has 0 bridgehead atoms. The second kappa shape index (κ2) is 9.54. The molecule has 0 saturated heterocycles. The SMILES string of the molecule is CC(C)[C@@H](C)/C=C/[C@@H](C)[C@H]1CC[C@H]2/C(=C/C=C3C[C@@H](O)CC[C@@H]3C)CCC[C@]12C. The van der Waals surface area contributed by atoms with Crippen LogP contribution in [0, 0.1) is 40.9 Å². The van der Waals surface area contributed by atoms with Crippen molar-refractivity contribution < 1.29 is 5.11 Å². The summed E-state index contributed by atoms with van der Waals surface area (Å²) in [5, 5.41) is 10.1. The molecule has 1 heteroatoms. The van der Waals surface area contributed by atoms with E-state index in [2.05, 4.69) is 65.8 Å². The van der Waals surface area contributed by atoms with Crippen LogP contribution in [0.4, 0.5) is 0 Å². The van der Waals surface area contributed by atoms with Gasteiger partial charge in [-0.3, -0.25) is 0 Å². The lowest BCUT2D eigenvalue weighted by Gasteiger charge is -2.44. The zero-order valence-electron chi connectivity index (χ0n) is 20.0. The largest absolute Gasteiger partial charge is 0.393 e. The Hall–Kier alpha value is -0.820. The Labute approximate surface area is 180 Å². The third-order valence-corrected chi connectivity index (χ3v) is 8.99. The lowest BCUT2D eigenvalue weighted by Crippen LogP contribution is -2.35. The fraction of sp³-hybridized carbons (Fsp3) is 0.786. The van der Waals surface area contributed by atoms with Crippen LogP contribution in [0.3, 0.4) is 0 Å². The van der Waals surface area contributed by atoms with E-state index in [1.165, 1.54) is 37.7 Å². The van der Waals surface area contributed by atoms with Gasteiger partial charge in [0.1, 0.15) is 0 Å². The molecule has 1 nitrogen and oxygen atoms in total. The van der Waals surface area contributed by atoms with Gasteiger partial charge in [0.2, 0.25) is 0 Å². The normalized spacial score (nSPS) is 40.7. The van der Waals surface area contributed by atoms with Crippen molar-refractivity contribution in [1.29, 1.82) is 0 Å². The predicted molar refractivity (Wildman–Crippen MR) is 126 cm³/mol. The van der Waals surface area contributed by atoms with Gasteiger partial charge in [0.15, 0.2) is 0 Å². The van der Waals surface area contributed by atoms with Crippen molar-refractivity contribution in [3.8, 4) is 0 Å². The molecule has 7 atom stereocenters. The molecular formula is C28H46O. The van der Waals surface area contributed by atoms with E-state index in [0.29, 0.717) is 23.2 Å². The molecule has 0 unspecified atom stereocenters. The van der Waals surface area contributed by atoms with Crippen molar-refractivity contribution in [2.24, 2.45) is 40.9 Å². The molecule has 3 aliphatic carbocycles. The zero-order valence-corrected chi connectivity index (χ0v) is 20.0. The van der Waals surface area contributed by atoms with Crippen molar-refractivity contribution in [3.63, 3.8) is 0 Å². The summed E-state index contributed by atoms with van der Waals surface area (Å²) in [5.41, 5.74) is 3.63. The molecule has 0 aromatic carbocycles. The fourth-order valence-electron chi connectivity index (χ4n) is 6.50. The summed E-state index contributed by atoms with van der Waals surface area (Å²) in [6.07, 6.45) is 19.5. The van der Waals surface area contributed by atoms with E-state index in [4.69, 9.17) is 0 Å². The molecule has 0 amide bonds. The molecule has 0 heterocycles. The van der Waals surface area contributed by atoms with Gasteiger partial charge in [-0.25, -0.2) is 0 Å². The van der Waals surface area contributed by atoms with Crippen LogP contribution in [0.15, 0.2) is 35.5 Å². The highest BCUT2D eigenvalue weighted by atomic mass is 16.3. The molecule has 3 saturated carbocycles. The molecule has 29 heavy (non-hydrogen) atoms. The summed E-state index contributed by atoms with van der Waals surface area (Å²) >= 11 is 0. The summed E-state index contributed by atoms with van der Waals surface area (Å²) in [7, 11) is 0. The standard InChI is InChI=1S/C28H46O/c1-19(2)20(3)9-10-22(5)26-15-16-27-23(8-7-17-28(26,27)6)12-13-24-18-25(29)14-11-21(24)4/h9-10,12-13,19-22,25-27,29H,7-8,11,14-18H2,1-6H3/b10-9+,23-12+,24-13?/t20-,21-,22+,25-,26+,27-,28+/m0/s1. The third kappa shape index (κ3) is 5.09. The van der Waals surface area contributed by atoms with Crippen LogP contribution < -0.4 is 0 Å². The van der Waals surface area contributed by atoms with E-state index < -0.39 is 0 Å². The molecule has 3 fully saturated rings. The van der Waals surface area contributed by atoms with Crippen LogP contribution in [0.2, 0.25) is 0 Å². The smallest absolute Gasteiger partial charge is 0.0577 e. The molecule has 3 rings (SSSR count). The molecule has 0 aromatic heterocycles. The van der Waals surface area contributed by atoms with E-state index in [0.717, 1.165) is 37.0 Å². The summed E-state index contributed by atoms with van der Waals surface area (Å²) in [5.74, 6) is 4.29. The Balaban J connectivity index is 1.74. The van der Waals surface area contributed by atoms with E-state index in [1.807, 2.05) is 0 Å². The molecule has 0 spiro atoms. The summed E-state index contributed by atoms with van der Waals surface area (Å²) in [4.78, 5) is 0. The van der Waals surface area contributed by atoms with Crippen molar-refractivity contribution >= 4 is 0 Å². The van der Waals surface area contributed by atoms with Crippen LogP contribution in [0.25, 0.3) is 0 Å². The minimum Gasteiger partial charge on any atom is -0.393 e. The van der Waals surface area contributed by atoms with Gasteiger partial charge in [-0.05, 0) is 92.3 Å². The van der Waals surface area contributed by atoms with Gasteiger partial charge in [-0.15, -0.1) is 0 Å². The van der Waals surface area contributed by atoms with Gasteiger partial charge < -0.3 is 5.11 Å². The third-order valence-electron chi connectivity index (χ3n) is 8.99. The van der Waals surface area contributed by atoms with E-state index in [9.17, 15) is 5.11 Å². The van der Waals surface area contributed by atoms with Crippen LogP contribution >= 0.6 is 0 Å². The van der Waals surface area contributed by atoms with Crippen LogP contribution in [-0.4, -0.2) is 11.2 Å². The summed E-state index contributed by atoms with van der Waals surface area (Å²) in [6.45, 7) is 14.4.